The SMILES string of the molecule is COc1ccc(-c2cc(NC(=NC3CCOCC3)NC(=O)c3ccc(Cl)c(F)c3)n[nH]2)cc1. The number of rotatable bonds is 5. The van der Waals surface area contributed by atoms with Gasteiger partial charge in [0.05, 0.1) is 23.9 Å². The van der Waals surface area contributed by atoms with Crippen molar-refractivity contribution in [1.82, 2.24) is 15.5 Å². The van der Waals surface area contributed by atoms with Crippen molar-refractivity contribution in [3.8, 4) is 17.0 Å². The fraction of sp³-hybridized carbons (Fsp3) is 0.261. The minimum Gasteiger partial charge on any atom is -0.497 e. The smallest absolute Gasteiger partial charge is 0.258 e. The second-order valence-electron chi connectivity index (χ2n) is 7.42. The van der Waals surface area contributed by atoms with Crippen LogP contribution in [0.4, 0.5) is 10.2 Å². The molecule has 33 heavy (non-hydrogen) atoms. The number of hydrogen-bond donors (Lipinski definition) is 3. The molecule has 1 fully saturated rings. The van der Waals surface area contributed by atoms with E-state index in [1.165, 1.54) is 12.1 Å². The number of guanidine groups is 1. The lowest BCUT2D eigenvalue weighted by atomic mass is 10.1. The number of benzene rings is 2. The van der Waals surface area contributed by atoms with Gasteiger partial charge in [-0.2, -0.15) is 5.10 Å². The molecule has 8 nitrogen and oxygen atoms in total. The highest BCUT2D eigenvalue weighted by Gasteiger charge is 2.17. The van der Waals surface area contributed by atoms with E-state index in [1.807, 2.05) is 24.3 Å². The predicted molar refractivity (Wildman–Crippen MR) is 124 cm³/mol. The first kappa shape index (κ1) is 22.8. The molecular formula is C23H23ClFN5O3. The van der Waals surface area contributed by atoms with Crippen LogP contribution >= 0.6 is 11.6 Å². The summed E-state index contributed by atoms with van der Waals surface area (Å²) in [7, 11) is 1.61. The molecule has 172 valence electrons. The van der Waals surface area contributed by atoms with Gasteiger partial charge >= 0.3 is 0 Å². The standard InChI is InChI=1S/C23H23ClFN5O3/c1-32-17-5-2-14(3-6-17)20-13-21(30-29-20)27-23(26-16-8-10-33-11-9-16)28-22(31)15-4-7-18(24)19(25)12-15/h2-7,12-13,16H,8-11H2,1H3,(H3,26,27,28,29,30,31). The molecule has 1 aliphatic heterocycles. The fourth-order valence-electron chi connectivity index (χ4n) is 3.34. The zero-order valence-corrected chi connectivity index (χ0v) is 18.7. The Kier molecular flexibility index (Phi) is 7.21. The van der Waals surface area contributed by atoms with Crippen LogP contribution in [0.3, 0.4) is 0 Å². The van der Waals surface area contributed by atoms with Crippen molar-refractivity contribution in [3.63, 3.8) is 0 Å². The van der Waals surface area contributed by atoms with Crippen LogP contribution in [0.1, 0.15) is 23.2 Å². The second kappa shape index (κ2) is 10.5. The molecule has 1 aliphatic rings. The first-order valence-electron chi connectivity index (χ1n) is 10.4. The molecule has 0 radical (unpaired) electrons. The van der Waals surface area contributed by atoms with Crippen LogP contribution in [-0.2, 0) is 4.74 Å². The van der Waals surface area contributed by atoms with Crippen molar-refractivity contribution in [2.75, 3.05) is 25.6 Å². The monoisotopic (exact) mass is 471 g/mol. The number of nitrogens with one attached hydrogen (secondary N) is 3. The minimum absolute atomic E-state index is 0.0245. The Morgan fingerprint density at radius 3 is 2.67 bits per heavy atom. The molecule has 4 rings (SSSR count). The van der Waals surface area contributed by atoms with Gasteiger partial charge in [-0.15, -0.1) is 0 Å². The molecule has 1 amide bonds. The zero-order valence-electron chi connectivity index (χ0n) is 17.9. The van der Waals surface area contributed by atoms with E-state index >= 15 is 0 Å². The van der Waals surface area contributed by atoms with E-state index in [4.69, 9.17) is 21.1 Å². The van der Waals surface area contributed by atoms with E-state index in [0.717, 1.165) is 35.9 Å². The van der Waals surface area contributed by atoms with Crippen molar-refractivity contribution >= 4 is 29.3 Å². The summed E-state index contributed by atoms with van der Waals surface area (Å²) in [5.41, 5.74) is 1.82. The van der Waals surface area contributed by atoms with E-state index in [2.05, 4.69) is 25.8 Å². The van der Waals surface area contributed by atoms with Crippen LogP contribution in [0, 0.1) is 5.82 Å². The van der Waals surface area contributed by atoms with E-state index < -0.39 is 11.7 Å². The van der Waals surface area contributed by atoms with Gasteiger partial charge in [0.15, 0.2) is 5.82 Å². The molecule has 1 saturated heterocycles. The van der Waals surface area contributed by atoms with Gasteiger partial charge in [0.2, 0.25) is 5.96 Å². The van der Waals surface area contributed by atoms with Gasteiger partial charge in [-0.3, -0.25) is 15.2 Å². The van der Waals surface area contributed by atoms with Gasteiger partial charge < -0.3 is 14.8 Å². The van der Waals surface area contributed by atoms with E-state index in [-0.39, 0.29) is 22.6 Å². The highest BCUT2D eigenvalue weighted by atomic mass is 35.5. The summed E-state index contributed by atoms with van der Waals surface area (Å²) in [6, 6.07) is 13.2. The van der Waals surface area contributed by atoms with Gasteiger partial charge in [0, 0.05) is 24.8 Å². The minimum atomic E-state index is -0.670. The van der Waals surface area contributed by atoms with E-state index in [0.29, 0.717) is 19.0 Å². The normalized spacial score (nSPS) is 14.7. The number of H-pyrrole nitrogens is 1. The number of hydrogen-bond acceptors (Lipinski definition) is 5. The molecule has 0 aliphatic carbocycles. The van der Waals surface area contributed by atoms with E-state index in [1.54, 1.807) is 13.2 Å². The molecule has 2 heterocycles. The number of nitrogens with zero attached hydrogens (tertiary/aromatic N) is 2. The number of methoxy groups -OCH3 is 1. The Morgan fingerprint density at radius 2 is 1.97 bits per heavy atom. The summed E-state index contributed by atoms with van der Waals surface area (Å²) in [6.45, 7) is 1.20. The number of ether oxygens (including phenoxy) is 2. The van der Waals surface area contributed by atoms with Crippen LogP contribution in [-0.4, -0.2) is 48.4 Å². The number of aromatic amines is 1. The molecule has 0 atom stereocenters. The average Bonchev–Trinajstić information content (AvgIpc) is 3.30. The highest BCUT2D eigenvalue weighted by Crippen LogP contribution is 2.23. The van der Waals surface area contributed by atoms with Crippen LogP contribution in [0.15, 0.2) is 53.5 Å². The van der Waals surface area contributed by atoms with E-state index in [9.17, 15) is 9.18 Å². The summed E-state index contributed by atoms with van der Waals surface area (Å²) in [5.74, 6) is 0.250. The van der Waals surface area contributed by atoms with Gasteiger partial charge in [0.25, 0.3) is 5.91 Å². The molecule has 1 aromatic heterocycles. The first-order chi connectivity index (χ1) is 16.0. The Balaban J connectivity index is 1.53. The highest BCUT2D eigenvalue weighted by molar-refractivity contribution is 6.30. The van der Waals surface area contributed by atoms with Crippen molar-refractivity contribution < 1.29 is 18.7 Å². The van der Waals surface area contributed by atoms with Crippen molar-refractivity contribution in [1.29, 1.82) is 0 Å². The predicted octanol–water partition coefficient (Wildman–Crippen LogP) is 4.25. The Hall–Kier alpha value is -3.43. The number of aliphatic imine (C=N–C) groups is 1. The van der Waals surface area contributed by atoms with Gasteiger partial charge in [-0.25, -0.2) is 9.38 Å². The Labute approximate surface area is 195 Å². The third-order valence-electron chi connectivity index (χ3n) is 5.14. The lowest BCUT2D eigenvalue weighted by Gasteiger charge is -2.20. The third-order valence-corrected chi connectivity index (χ3v) is 5.45. The number of anilines is 1. The Bertz CT molecular complexity index is 1140. The topological polar surface area (TPSA) is 101 Å². The van der Waals surface area contributed by atoms with Crippen molar-refractivity contribution in [2.45, 2.75) is 18.9 Å². The Morgan fingerprint density at radius 1 is 1.21 bits per heavy atom. The first-order valence-corrected chi connectivity index (χ1v) is 10.8. The van der Waals surface area contributed by atoms with Gasteiger partial charge in [-0.05, 0) is 60.9 Å². The van der Waals surface area contributed by atoms with Crippen LogP contribution in [0.25, 0.3) is 11.3 Å². The summed E-state index contributed by atoms with van der Waals surface area (Å²) in [6.07, 6.45) is 1.46. The second-order valence-corrected chi connectivity index (χ2v) is 7.83. The number of carbonyl (C=O) groups is 1. The maximum absolute atomic E-state index is 13.8. The molecular weight excluding hydrogens is 449 g/mol. The van der Waals surface area contributed by atoms with Crippen molar-refractivity contribution in [3.05, 3.63) is 64.9 Å². The maximum Gasteiger partial charge on any atom is 0.258 e. The lowest BCUT2D eigenvalue weighted by molar-refractivity contribution is 0.0869. The zero-order chi connectivity index (χ0) is 23.2. The van der Waals surface area contributed by atoms with Gasteiger partial charge in [0.1, 0.15) is 11.6 Å². The molecule has 3 N–H and O–H groups in total. The summed E-state index contributed by atoms with van der Waals surface area (Å²) < 4.78 is 24.4. The number of carbonyl (C=O) groups excluding carboxylic acids is 1. The average molecular weight is 472 g/mol. The summed E-state index contributed by atoms with van der Waals surface area (Å²) in [4.78, 5) is 17.4. The lowest BCUT2D eigenvalue weighted by Crippen LogP contribution is -2.38. The van der Waals surface area contributed by atoms with Crippen molar-refractivity contribution in [2.24, 2.45) is 4.99 Å². The molecule has 10 heteroatoms. The quantitative estimate of drug-likeness (QED) is 0.381. The fourth-order valence-corrected chi connectivity index (χ4v) is 3.45. The molecule has 0 unspecified atom stereocenters. The third kappa shape index (κ3) is 5.88. The molecule has 2 aromatic carbocycles. The summed E-state index contributed by atoms with van der Waals surface area (Å²) in [5, 5.41) is 13.0. The van der Waals surface area contributed by atoms with Crippen LogP contribution in [0.5, 0.6) is 5.75 Å². The van der Waals surface area contributed by atoms with Gasteiger partial charge in [-0.1, -0.05) is 11.6 Å². The summed E-state index contributed by atoms with van der Waals surface area (Å²) >= 11 is 5.72. The molecule has 0 spiro atoms. The largest absolute Gasteiger partial charge is 0.497 e. The molecule has 0 bridgehead atoms. The number of aromatic nitrogens is 2. The number of amides is 1. The maximum atomic E-state index is 13.8. The molecule has 0 saturated carbocycles. The van der Waals surface area contributed by atoms with Crippen LogP contribution in [0.2, 0.25) is 5.02 Å². The number of halogens is 2. The molecule has 3 aromatic rings. The van der Waals surface area contributed by atoms with Crippen LogP contribution < -0.4 is 15.4 Å².